The molecule has 2 N–H and O–H groups in total. The van der Waals surface area contributed by atoms with Crippen molar-refractivity contribution < 1.29 is 4.79 Å². The SMILES string of the molecule is O=C(NCc1cccc2ccccc12)c1cccc(NCc2ccccc2Br)c1. The molecule has 144 valence electrons. The predicted molar refractivity (Wildman–Crippen MR) is 123 cm³/mol. The van der Waals surface area contributed by atoms with Gasteiger partial charge in [0, 0.05) is 28.8 Å². The molecule has 0 aliphatic heterocycles. The van der Waals surface area contributed by atoms with E-state index < -0.39 is 0 Å². The van der Waals surface area contributed by atoms with Crippen molar-refractivity contribution in [1.29, 1.82) is 0 Å². The van der Waals surface area contributed by atoms with Gasteiger partial charge in [0.1, 0.15) is 0 Å². The molecule has 4 aromatic carbocycles. The maximum Gasteiger partial charge on any atom is 0.251 e. The zero-order valence-electron chi connectivity index (χ0n) is 15.9. The van der Waals surface area contributed by atoms with E-state index in [2.05, 4.69) is 56.9 Å². The largest absolute Gasteiger partial charge is 0.381 e. The van der Waals surface area contributed by atoms with Crippen LogP contribution in [0.15, 0.2) is 95.5 Å². The van der Waals surface area contributed by atoms with E-state index in [4.69, 9.17) is 0 Å². The Balaban J connectivity index is 1.42. The fraction of sp³-hybridized carbons (Fsp3) is 0.0800. The summed E-state index contributed by atoms with van der Waals surface area (Å²) < 4.78 is 1.07. The molecule has 4 aromatic rings. The van der Waals surface area contributed by atoms with E-state index in [9.17, 15) is 4.79 Å². The molecule has 0 radical (unpaired) electrons. The second-order valence-electron chi connectivity index (χ2n) is 6.85. The minimum absolute atomic E-state index is 0.0810. The molecular formula is C25H21BrN2O. The Hall–Kier alpha value is -3.11. The quantitative estimate of drug-likeness (QED) is 0.374. The maximum atomic E-state index is 12.7. The van der Waals surface area contributed by atoms with Crippen molar-refractivity contribution >= 4 is 38.3 Å². The molecule has 0 aliphatic carbocycles. The summed E-state index contributed by atoms with van der Waals surface area (Å²) >= 11 is 3.56. The smallest absolute Gasteiger partial charge is 0.251 e. The summed E-state index contributed by atoms with van der Waals surface area (Å²) in [5.74, 6) is -0.0810. The highest BCUT2D eigenvalue weighted by Gasteiger charge is 2.08. The molecule has 0 atom stereocenters. The monoisotopic (exact) mass is 444 g/mol. The number of nitrogens with one attached hydrogen (secondary N) is 2. The number of rotatable bonds is 6. The van der Waals surface area contributed by atoms with Crippen LogP contribution in [-0.2, 0) is 13.1 Å². The third-order valence-corrected chi connectivity index (χ3v) is 5.66. The highest BCUT2D eigenvalue weighted by molar-refractivity contribution is 9.10. The normalized spacial score (nSPS) is 10.7. The molecule has 29 heavy (non-hydrogen) atoms. The number of anilines is 1. The lowest BCUT2D eigenvalue weighted by Crippen LogP contribution is -2.23. The standard InChI is InChI=1S/C25H21BrN2O/c26-24-14-4-2-8-21(24)17-27-22-12-6-10-19(15-22)25(29)28-16-20-11-5-9-18-7-1-3-13-23(18)20/h1-15,27H,16-17H2,(H,28,29). The lowest BCUT2D eigenvalue weighted by atomic mass is 10.0. The maximum absolute atomic E-state index is 12.7. The van der Waals surface area contributed by atoms with Crippen LogP contribution in [0.3, 0.4) is 0 Å². The Morgan fingerprint density at radius 2 is 1.48 bits per heavy atom. The predicted octanol–water partition coefficient (Wildman–Crippen LogP) is 6.14. The van der Waals surface area contributed by atoms with Gasteiger partial charge in [-0.25, -0.2) is 0 Å². The summed E-state index contributed by atoms with van der Waals surface area (Å²) in [7, 11) is 0. The molecule has 0 unspecified atom stereocenters. The van der Waals surface area contributed by atoms with Crippen LogP contribution in [0.2, 0.25) is 0 Å². The van der Waals surface area contributed by atoms with Crippen molar-refractivity contribution in [2.45, 2.75) is 13.1 Å². The van der Waals surface area contributed by atoms with E-state index in [1.54, 1.807) is 0 Å². The lowest BCUT2D eigenvalue weighted by molar-refractivity contribution is 0.0951. The molecule has 0 aliphatic rings. The average molecular weight is 445 g/mol. The summed E-state index contributed by atoms with van der Waals surface area (Å²) in [6.07, 6.45) is 0. The number of carbonyl (C=O) groups excluding carboxylic acids is 1. The minimum Gasteiger partial charge on any atom is -0.381 e. The second-order valence-corrected chi connectivity index (χ2v) is 7.70. The van der Waals surface area contributed by atoms with Crippen LogP contribution in [0.25, 0.3) is 10.8 Å². The number of carbonyl (C=O) groups is 1. The number of fused-ring (bicyclic) bond motifs is 1. The highest BCUT2D eigenvalue weighted by atomic mass is 79.9. The molecule has 0 saturated carbocycles. The topological polar surface area (TPSA) is 41.1 Å². The minimum atomic E-state index is -0.0810. The summed E-state index contributed by atoms with van der Waals surface area (Å²) in [5, 5.41) is 8.77. The number of amides is 1. The van der Waals surface area contributed by atoms with Crippen LogP contribution in [0.5, 0.6) is 0 Å². The van der Waals surface area contributed by atoms with Crippen molar-refractivity contribution in [2.75, 3.05) is 5.32 Å². The Bertz CT molecular complexity index is 1150. The molecular weight excluding hydrogens is 424 g/mol. The average Bonchev–Trinajstić information content (AvgIpc) is 2.77. The van der Waals surface area contributed by atoms with Crippen LogP contribution >= 0.6 is 15.9 Å². The summed E-state index contributed by atoms with van der Waals surface area (Å²) in [6, 6.07) is 30.1. The first kappa shape index (κ1) is 19.2. The molecule has 0 spiro atoms. The van der Waals surface area contributed by atoms with Gasteiger partial charge in [-0.2, -0.15) is 0 Å². The first-order chi connectivity index (χ1) is 14.2. The molecule has 0 saturated heterocycles. The Morgan fingerprint density at radius 1 is 0.759 bits per heavy atom. The van der Waals surface area contributed by atoms with Crippen LogP contribution in [0, 0.1) is 0 Å². The molecule has 0 bridgehead atoms. The summed E-state index contributed by atoms with van der Waals surface area (Å²) in [5.41, 5.74) is 3.83. The van der Waals surface area contributed by atoms with E-state index in [1.807, 2.05) is 60.7 Å². The van der Waals surface area contributed by atoms with Crippen molar-refractivity contribution in [3.05, 3.63) is 112 Å². The van der Waals surface area contributed by atoms with Gasteiger partial charge in [-0.3, -0.25) is 4.79 Å². The first-order valence-corrected chi connectivity index (χ1v) is 10.3. The number of hydrogen-bond donors (Lipinski definition) is 2. The molecule has 0 fully saturated rings. The lowest BCUT2D eigenvalue weighted by Gasteiger charge is -2.11. The molecule has 0 heterocycles. The fourth-order valence-corrected chi connectivity index (χ4v) is 3.76. The molecule has 4 heteroatoms. The molecule has 0 aromatic heterocycles. The van der Waals surface area contributed by atoms with Gasteiger partial charge in [0.15, 0.2) is 0 Å². The number of halogens is 1. The van der Waals surface area contributed by atoms with E-state index in [0.29, 0.717) is 18.7 Å². The Labute approximate surface area is 178 Å². The van der Waals surface area contributed by atoms with Crippen molar-refractivity contribution in [1.82, 2.24) is 5.32 Å². The van der Waals surface area contributed by atoms with Crippen LogP contribution in [0.4, 0.5) is 5.69 Å². The van der Waals surface area contributed by atoms with E-state index >= 15 is 0 Å². The van der Waals surface area contributed by atoms with Crippen molar-refractivity contribution in [3.63, 3.8) is 0 Å². The molecule has 1 amide bonds. The number of hydrogen-bond acceptors (Lipinski definition) is 2. The molecule has 3 nitrogen and oxygen atoms in total. The van der Waals surface area contributed by atoms with Crippen LogP contribution < -0.4 is 10.6 Å². The zero-order chi connectivity index (χ0) is 20.1. The zero-order valence-corrected chi connectivity index (χ0v) is 17.4. The van der Waals surface area contributed by atoms with Gasteiger partial charge in [-0.1, -0.05) is 82.7 Å². The van der Waals surface area contributed by atoms with Gasteiger partial charge in [0.2, 0.25) is 0 Å². The third-order valence-electron chi connectivity index (χ3n) is 4.88. The summed E-state index contributed by atoms with van der Waals surface area (Å²) in [4.78, 5) is 12.7. The third kappa shape index (κ3) is 4.66. The van der Waals surface area contributed by atoms with Crippen LogP contribution in [-0.4, -0.2) is 5.91 Å². The molecule has 4 rings (SSSR count). The van der Waals surface area contributed by atoms with Crippen molar-refractivity contribution in [2.24, 2.45) is 0 Å². The summed E-state index contributed by atoms with van der Waals surface area (Å²) in [6.45, 7) is 1.18. The second kappa shape index (κ2) is 8.93. The van der Waals surface area contributed by atoms with Crippen LogP contribution in [0.1, 0.15) is 21.5 Å². The van der Waals surface area contributed by atoms with E-state index in [1.165, 1.54) is 16.3 Å². The fourth-order valence-electron chi connectivity index (χ4n) is 3.33. The van der Waals surface area contributed by atoms with E-state index in [-0.39, 0.29) is 5.91 Å². The Morgan fingerprint density at radius 3 is 2.38 bits per heavy atom. The van der Waals surface area contributed by atoms with E-state index in [0.717, 1.165) is 15.7 Å². The van der Waals surface area contributed by atoms with Crippen molar-refractivity contribution in [3.8, 4) is 0 Å². The number of benzene rings is 4. The Kier molecular flexibility index (Phi) is 5.92. The van der Waals surface area contributed by atoms with Gasteiger partial charge >= 0.3 is 0 Å². The van der Waals surface area contributed by atoms with Gasteiger partial charge in [0.25, 0.3) is 5.91 Å². The first-order valence-electron chi connectivity index (χ1n) is 9.53. The van der Waals surface area contributed by atoms with Gasteiger partial charge in [-0.05, 0) is 46.2 Å². The van der Waals surface area contributed by atoms with Gasteiger partial charge in [-0.15, -0.1) is 0 Å². The van der Waals surface area contributed by atoms with Gasteiger partial charge < -0.3 is 10.6 Å². The highest BCUT2D eigenvalue weighted by Crippen LogP contribution is 2.20. The van der Waals surface area contributed by atoms with Gasteiger partial charge in [0.05, 0.1) is 0 Å².